The van der Waals surface area contributed by atoms with Gasteiger partial charge in [-0.2, -0.15) is 13.2 Å². The summed E-state index contributed by atoms with van der Waals surface area (Å²) in [5, 5.41) is 4.78. The van der Waals surface area contributed by atoms with E-state index in [0.29, 0.717) is 42.9 Å². The zero-order valence-electron chi connectivity index (χ0n) is 26.0. The Bertz CT molecular complexity index is 1600. The van der Waals surface area contributed by atoms with Crippen LogP contribution in [-0.4, -0.2) is 77.9 Å². The lowest BCUT2D eigenvalue weighted by Crippen LogP contribution is -2.58. The molecular weight excluding hydrogens is 613 g/mol. The number of nitrogens with zero attached hydrogens (tertiary/aromatic N) is 2. The zero-order chi connectivity index (χ0) is 33.6. The van der Waals surface area contributed by atoms with E-state index in [9.17, 15) is 32.3 Å². The van der Waals surface area contributed by atoms with Crippen molar-refractivity contribution in [2.75, 3.05) is 20.1 Å². The van der Waals surface area contributed by atoms with E-state index in [1.165, 1.54) is 11.9 Å². The Morgan fingerprint density at radius 2 is 1.60 bits per heavy atom. The largest absolute Gasteiger partial charge is 0.457 e. The molecular formula is C35H37F3N4O5. The molecule has 1 saturated heterocycles. The van der Waals surface area contributed by atoms with Crippen molar-refractivity contribution in [3.05, 3.63) is 95.6 Å². The van der Waals surface area contributed by atoms with Gasteiger partial charge in [0.15, 0.2) is 0 Å². The Labute approximate surface area is 271 Å². The Balaban J connectivity index is 1.55. The molecule has 0 aliphatic carbocycles. The minimum Gasteiger partial charge on any atom is -0.457 e. The second kappa shape index (κ2) is 14.7. The van der Waals surface area contributed by atoms with E-state index in [1.54, 1.807) is 42.5 Å². The highest BCUT2D eigenvalue weighted by Crippen LogP contribution is 2.27. The first kappa shape index (κ1) is 33.5. The van der Waals surface area contributed by atoms with Crippen LogP contribution >= 0.6 is 0 Å². The fraction of sp³-hybridized carbons (Fsp3) is 0.371. The van der Waals surface area contributed by atoms with Gasteiger partial charge < -0.3 is 25.2 Å². The third-order valence-corrected chi connectivity index (χ3v) is 8.44. The monoisotopic (exact) mass is 650 g/mol. The van der Waals surface area contributed by atoms with Gasteiger partial charge in [0, 0.05) is 32.9 Å². The highest BCUT2D eigenvalue weighted by atomic mass is 19.4. The molecule has 2 heterocycles. The minimum atomic E-state index is -4.66. The van der Waals surface area contributed by atoms with E-state index >= 15 is 0 Å². The number of ether oxygens (including phenoxy) is 1. The molecule has 47 heavy (non-hydrogen) atoms. The summed E-state index contributed by atoms with van der Waals surface area (Å²) in [7, 11) is 1.34. The predicted octanol–water partition coefficient (Wildman–Crippen LogP) is 4.19. The summed E-state index contributed by atoms with van der Waals surface area (Å²) in [6, 6.07) is 19.8. The third kappa shape index (κ3) is 8.90. The number of carbonyl (C=O) groups is 4. The van der Waals surface area contributed by atoms with Gasteiger partial charge in [0.25, 0.3) is 0 Å². The summed E-state index contributed by atoms with van der Waals surface area (Å²) in [6.07, 6.45) is -3.18. The van der Waals surface area contributed by atoms with Crippen LogP contribution in [0.4, 0.5) is 13.2 Å². The number of carbonyl (C=O) groups excluding carboxylic acids is 4. The van der Waals surface area contributed by atoms with Crippen LogP contribution < -0.4 is 15.4 Å². The molecule has 0 saturated carbocycles. The normalized spacial score (nSPS) is 20.9. The molecule has 2 N–H and O–H groups in total. The Hall–Kier alpha value is -4.87. The van der Waals surface area contributed by atoms with Gasteiger partial charge in [0.05, 0.1) is 0 Å². The van der Waals surface area contributed by atoms with Crippen LogP contribution in [0.15, 0.2) is 78.9 Å². The molecule has 1 fully saturated rings. The summed E-state index contributed by atoms with van der Waals surface area (Å²) < 4.78 is 45.4. The van der Waals surface area contributed by atoms with Crippen molar-refractivity contribution in [3.63, 3.8) is 0 Å². The molecule has 0 aromatic heterocycles. The van der Waals surface area contributed by atoms with Crippen molar-refractivity contribution >= 4 is 23.6 Å². The van der Waals surface area contributed by atoms with Crippen LogP contribution in [0.2, 0.25) is 0 Å². The first-order chi connectivity index (χ1) is 22.5. The predicted molar refractivity (Wildman–Crippen MR) is 167 cm³/mol. The number of likely N-dealkylation sites (N-methyl/N-ethyl adjacent to an activating group) is 1. The van der Waals surface area contributed by atoms with Crippen LogP contribution in [0.5, 0.6) is 11.5 Å². The summed E-state index contributed by atoms with van der Waals surface area (Å²) in [5.41, 5.74) is 2.20. The van der Waals surface area contributed by atoms with Gasteiger partial charge in [-0.05, 0) is 60.2 Å². The Kier molecular flexibility index (Phi) is 10.5. The van der Waals surface area contributed by atoms with Gasteiger partial charge >= 0.3 is 6.18 Å². The number of likely N-dealkylation sites (tertiary alicyclic amines) is 1. The number of hydrogen-bond acceptors (Lipinski definition) is 5. The maximum absolute atomic E-state index is 14.2. The summed E-state index contributed by atoms with van der Waals surface area (Å²) in [6.45, 7) is -1.19. The van der Waals surface area contributed by atoms with Crippen LogP contribution in [0, 0.1) is 0 Å². The molecule has 3 aromatic carbocycles. The topological polar surface area (TPSA) is 108 Å². The van der Waals surface area contributed by atoms with Crippen LogP contribution in [0.3, 0.4) is 0 Å². The van der Waals surface area contributed by atoms with E-state index in [2.05, 4.69) is 5.32 Å². The molecule has 0 spiro atoms. The summed E-state index contributed by atoms with van der Waals surface area (Å²) in [5.74, 6) is -1.45. The van der Waals surface area contributed by atoms with Crippen LogP contribution in [0.1, 0.15) is 36.0 Å². The molecule has 3 atom stereocenters. The lowest BCUT2D eigenvalue weighted by Gasteiger charge is -2.33. The van der Waals surface area contributed by atoms with Gasteiger partial charge in [-0.25, -0.2) is 0 Å². The fourth-order valence-corrected chi connectivity index (χ4v) is 5.99. The number of halogens is 3. The van der Waals surface area contributed by atoms with E-state index in [4.69, 9.17) is 4.74 Å². The average molecular weight is 651 g/mol. The highest BCUT2D eigenvalue weighted by Gasteiger charge is 2.38. The van der Waals surface area contributed by atoms with Crippen molar-refractivity contribution in [1.29, 1.82) is 0 Å². The number of fused-ring (bicyclic) bond motifs is 4. The standard InChI is InChI=1S/C35H37F3N4O5/c1-41-29(32(44)39-22-35(36,37)38)20-24-10-5-12-26(18-24)47-27-13-6-11-25(19-27)21-30(42-17-7-14-31(42)43)33(45)40-28(34(41)46)16-15-23-8-3-2-4-9-23/h2-6,8-13,18-19,28-30H,7,14-17,20-22H2,1H3,(H,39,44)(H,40,45)/t28-,29-,30-/m0/s1. The van der Waals surface area contributed by atoms with Crippen molar-refractivity contribution in [1.82, 2.24) is 20.4 Å². The molecule has 9 nitrogen and oxygen atoms in total. The van der Waals surface area contributed by atoms with E-state index < -0.39 is 48.6 Å². The van der Waals surface area contributed by atoms with Gasteiger partial charge in [-0.15, -0.1) is 0 Å². The number of benzene rings is 3. The molecule has 5 rings (SSSR count). The molecule has 2 aliphatic heterocycles. The molecule has 12 heteroatoms. The number of alkyl halides is 3. The third-order valence-electron chi connectivity index (χ3n) is 8.44. The first-order valence-corrected chi connectivity index (χ1v) is 15.6. The molecule has 248 valence electrons. The lowest BCUT2D eigenvalue weighted by atomic mass is 9.99. The van der Waals surface area contributed by atoms with Gasteiger partial charge in [0.2, 0.25) is 23.6 Å². The van der Waals surface area contributed by atoms with Crippen molar-refractivity contribution in [3.8, 4) is 11.5 Å². The lowest BCUT2D eigenvalue weighted by molar-refractivity contribution is -0.147. The second-order valence-corrected chi connectivity index (χ2v) is 11.9. The average Bonchev–Trinajstić information content (AvgIpc) is 3.47. The Morgan fingerprint density at radius 1 is 0.936 bits per heavy atom. The Morgan fingerprint density at radius 3 is 2.21 bits per heavy atom. The molecule has 4 bridgehead atoms. The zero-order valence-corrected chi connectivity index (χ0v) is 26.0. The van der Waals surface area contributed by atoms with E-state index in [1.807, 2.05) is 41.7 Å². The second-order valence-electron chi connectivity index (χ2n) is 11.9. The molecule has 3 aromatic rings. The quantitative estimate of drug-likeness (QED) is 0.416. The smallest absolute Gasteiger partial charge is 0.405 e. The number of aryl methyl sites for hydroxylation is 1. The fourth-order valence-electron chi connectivity index (χ4n) is 5.99. The van der Waals surface area contributed by atoms with Gasteiger partial charge in [-0.3, -0.25) is 19.2 Å². The maximum Gasteiger partial charge on any atom is 0.405 e. The van der Waals surface area contributed by atoms with Crippen molar-refractivity contribution in [2.45, 2.75) is 62.8 Å². The minimum absolute atomic E-state index is 0.118. The molecule has 0 radical (unpaired) electrons. The number of rotatable bonds is 6. The van der Waals surface area contributed by atoms with Crippen molar-refractivity contribution < 1.29 is 37.1 Å². The molecule has 4 amide bonds. The summed E-state index contributed by atoms with van der Waals surface area (Å²) in [4.78, 5) is 57.0. The number of amides is 4. The molecule has 2 aliphatic rings. The summed E-state index contributed by atoms with van der Waals surface area (Å²) >= 11 is 0. The van der Waals surface area contributed by atoms with E-state index in [0.717, 1.165) is 16.0 Å². The van der Waals surface area contributed by atoms with Gasteiger partial charge in [-0.1, -0.05) is 54.6 Å². The first-order valence-electron chi connectivity index (χ1n) is 15.6. The van der Waals surface area contributed by atoms with Crippen molar-refractivity contribution in [2.24, 2.45) is 0 Å². The van der Waals surface area contributed by atoms with E-state index in [-0.39, 0.29) is 25.2 Å². The van der Waals surface area contributed by atoms with Gasteiger partial charge in [0.1, 0.15) is 36.2 Å². The number of hydrogen-bond donors (Lipinski definition) is 2. The number of nitrogens with one attached hydrogen (secondary N) is 2. The highest BCUT2D eigenvalue weighted by molar-refractivity contribution is 5.94. The van der Waals surface area contributed by atoms with Crippen LogP contribution in [0.25, 0.3) is 0 Å². The maximum atomic E-state index is 14.2. The van der Waals surface area contributed by atoms with Crippen LogP contribution in [-0.2, 0) is 38.4 Å². The molecule has 0 unspecified atom stereocenters. The SMILES string of the molecule is CN1C(=O)[C@H](CCc2ccccc2)NC(=O)[C@@H](N2CCCC2=O)Cc2cccc(c2)Oc2cccc(c2)C[C@H]1C(=O)NCC(F)(F)F.